The first-order chi connectivity index (χ1) is 12.4. The predicted molar refractivity (Wildman–Crippen MR) is 90.0 cm³/mol. The molecule has 1 aliphatic rings. The van der Waals surface area contributed by atoms with Crippen LogP contribution in [0.5, 0.6) is 0 Å². The summed E-state index contributed by atoms with van der Waals surface area (Å²) < 4.78 is 19.8. The number of aromatic amines is 1. The highest BCUT2D eigenvalue weighted by molar-refractivity contribution is 5.89. The average Bonchev–Trinajstić information content (AvgIpc) is 3.24. The van der Waals surface area contributed by atoms with Gasteiger partial charge in [-0.05, 0) is 25.0 Å². The summed E-state index contributed by atoms with van der Waals surface area (Å²) in [7, 11) is 0. The van der Waals surface area contributed by atoms with Crippen molar-refractivity contribution >= 4 is 22.7 Å². The normalized spacial score (nSPS) is 16.5. The van der Waals surface area contributed by atoms with E-state index in [1.165, 1.54) is 0 Å². The molecule has 1 aliphatic heterocycles. The van der Waals surface area contributed by atoms with Crippen molar-refractivity contribution < 1.29 is 23.5 Å². The first-order valence-electron chi connectivity index (χ1n) is 8.07. The molecular weight excluding hydrogens is 348 g/mol. The Morgan fingerprint density at radius 3 is 2.88 bits per heavy atom. The van der Waals surface area contributed by atoms with Gasteiger partial charge in [-0.2, -0.15) is 8.78 Å². The minimum absolute atomic E-state index is 0.0567. The highest BCUT2D eigenvalue weighted by Crippen LogP contribution is 2.18. The number of H-pyrrole nitrogens is 1. The molecule has 10 heteroatoms. The third kappa shape index (κ3) is 5.20. The molecule has 2 aromatic rings. The van der Waals surface area contributed by atoms with Crippen molar-refractivity contribution in [3.63, 3.8) is 0 Å². The molecule has 0 spiro atoms. The van der Waals surface area contributed by atoms with Gasteiger partial charge >= 0.3 is 6.61 Å². The maximum Gasteiger partial charge on any atom is 0.342 e. The number of nitrogens with two attached hydrogens (primary N) is 1. The van der Waals surface area contributed by atoms with Gasteiger partial charge in [-0.15, -0.1) is 0 Å². The van der Waals surface area contributed by atoms with Crippen LogP contribution in [0.2, 0.25) is 0 Å². The van der Waals surface area contributed by atoms with Crippen LogP contribution < -0.4 is 11.1 Å². The van der Waals surface area contributed by atoms with Crippen LogP contribution in [0.15, 0.2) is 24.5 Å². The molecule has 1 atom stereocenters. The Morgan fingerprint density at radius 1 is 1.50 bits per heavy atom. The first kappa shape index (κ1) is 19.7. The zero-order chi connectivity index (χ0) is 19.1. The summed E-state index contributed by atoms with van der Waals surface area (Å²) in [6, 6.07) is 3.45. The Bertz CT molecular complexity index is 717. The molecule has 142 valence electrons. The molecule has 0 bridgehead atoms. The number of rotatable bonds is 4. The highest BCUT2D eigenvalue weighted by atomic mass is 19.3. The molecule has 1 saturated heterocycles. The average molecular weight is 369 g/mol. The Labute approximate surface area is 148 Å². The number of fused-ring (bicyclic) bond motifs is 1. The van der Waals surface area contributed by atoms with Crippen molar-refractivity contribution in [3.8, 4) is 0 Å². The van der Waals surface area contributed by atoms with Gasteiger partial charge in [0.25, 0.3) is 0 Å². The number of carbonyl (C=O) groups excluding carboxylic acids is 2. The summed E-state index contributed by atoms with van der Waals surface area (Å²) in [5.41, 5.74) is 7.28. The molecule has 3 heterocycles. The predicted octanol–water partition coefficient (Wildman–Crippen LogP) is 0.330. The van der Waals surface area contributed by atoms with Gasteiger partial charge in [0.1, 0.15) is 6.04 Å². The molecular formula is C16H21F2N5O3. The molecule has 1 fully saturated rings. The van der Waals surface area contributed by atoms with Crippen molar-refractivity contribution in [3.05, 3.63) is 30.2 Å². The lowest BCUT2D eigenvalue weighted by Crippen LogP contribution is -2.47. The fourth-order valence-corrected chi connectivity index (χ4v) is 2.88. The maximum absolute atomic E-state index is 12.3. The highest BCUT2D eigenvalue weighted by Gasteiger charge is 2.33. The zero-order valence-electron chi connectivity index (χ0n) is 14.0. The van der Waals surface area contributed by atoms with E-state index >= 15 is 0 Å². The topological polar surface area (TPSA) is 124 Å². The number of carbonyl (C=O) groups is 2. The molecule has 0 aromatic carbocycles. The summed E-state index contributed by atoms with van der Waals surface area (Å²) in [6.07, 6.45) is 5.02. The Hall–Kier alpha value is -2.59. The van der Waals surface area contributed by atoms with E-state index in [0.29, 0.717) is 19.5 Å². The van der Waals surface area contributed by atoms with Crippen LogP contribution >= 0.6 is 0 Å². The fraction of sp³-hybridized carbons (Fsp3) is 0.438. The van der Waals surface area contributed by atoms with Gasteiger partial charge < -0.3 is 26.0 Å². The van der Waals surface area contributed by atoms with E-state index in [2.05, 4.69) is 15.3 Å². The Balaban J connectivity index is 0.000000552. The molecule has 0 aliphatic carbocycles. The number of aliphatic hydroxyl groups excluding tert-OH is 1. The van der Waals surface area contributed by atoms with Crippen molar-refractivity contribution in [2.45, 2.75) is 32.0 Å². The number of aliphatic hydroxyl groups is 1. The second-order valence-corrected chi connectivity index (χ2v) is 5.70. The summed E-state index contributed by atoms with van der Waals surface area (Å²) >= 11 is 0. The first-order valence-corrected chi connectivity index (χ1v) is 8.07. The lowest BCUT2D eigenvalue weighted by molar-refractivity contribution is -0.137. The number of pyridine rings is 1. The number of hydrogen-bond acceptors (Lipinski definition) is 5. The standard InChI is InChI=1S/C15H19N5O2.CH2F2O/c16-7-14(21)20-5-1-2-13(20)15(22)18-9-11-6-10-8-17-4-3-12(10)19-11;2-1(3)4/h3-4,6,8,13,19H,1-2,5,7,9,16H2,(H,18,22);1,4H. The van der Waals surface area contributed by atoms with E-state index in [1.807, 2.05) is 12.1 Å². The van der Waals surface area contributed by atoms with Crippen LogP contribution in [-0.2, 0) is 16.1 Å². The van der Waals surface area contributed by atoms with Crippen LogP contribution in [-0.4, -0.2) is 57.5 Å². The van der Waals surface area contributed by atoms with Crippen molar-refractivity contribution in [1.82, 2.24) is 20.2 Å². The molecule has 2 amide bonds. The molecule has 8 nitrogen and oxygen atoms in total. The lowest BCUT2D eigenvalue weighted by Gasteiger charge is -2.23. The summed E-state index contributed by atoms with van der Waals surface area (Å²) in [4.78, 5) is 32.9. The van der Waals surface area contributed by atoms with Gasteiger partial charge in [-0.3, -0.25) is 14.6 Å². The van der Waals surface area contributed by atoms with Gasteiger partial charge in [-0.1, -0.05) is 0 Å². The fourth-order valence-electron chi connectivity index (χ4n) is 2.88. The van der Waals surface area contributed by atoms with Crippen molar-refractivity contribution in [2.75, 3.05) is 13.1 Å². The molecule has 0 radical (unpaired) electrons. The Morgan fingerprint density at radius 2 is 2.23 bits per heavy atom. The Kier molecular flexibility index (Phi) is 6.98. The summed E-state index contributed by atoms with van der Waals surface area (Å²) in [5.74, 6) is -0.301. The molecule has 3 rings (SSSR count). The SMILES string of the molecule is NCC(=O)N1CCCC1C(=O)NCc1cc2cnccc2[nH]1.OC(F)F. The largest absolute Gasteiger partial charge is 0.357 e. The number of nitrogens with zero attached hydrogens (tertiary/aromatic N) is 2. The van der Waals surface area contributed by atoms with Gasteiger partial charge in [0.2, 0.25) is 11.8 Å². The number of amides is 2. The monoisotopic (exact) mass is 369 g/mol. The van der Waals surface area contributed by atoms with Gasteiger partial charge in [0.15, 0.2) is 0 Å². The molecule has 1 unspecified atom stereocenters. The third-order valence-electron chi connectivity index (χ3n) is 3.98. The second kappa shape index (κ2) is 9.20. The maximum atomic E-state index is 12.3. The van der Waals surface area contributed by atoms with E-state index in [-0.39, 0.29) is 18.4 Å². The minimum atomic E-state index is -3.17. The van der Waals surface area contributed by atoms with E-state index in [9.17, 15) is 18.4 Å². The number of halogens is 2. The van der Waals surface area contributed by atoms with E-state index in [0.717, 1.165) is 23.0 Å². The smallest absolute Gasteiger partial charge is 0.342 e. The van der Waals surface area contributed by atoms with Crippen LogP contribution in [0.4, 0.5) is 8.78 Å². The van der Waals surface area contributed by atoms with Gasteiger partial charge in [-0.25, -0.2) is 0 Å². The second-order valence-electron chi connectivity index (χ2n) is 5.70. The quantitative estimate of drug-likeness (QED) is 0.618. The molecule has 0 saturated carbocycles. The van der Waals surface area contributed by atoms with E-state index in [1.54, 1.807) is 17.3 Å². The minimum Gasteiger partial charge on any atom is -0.357 e. The van der Waals surface area contributed by atoms with Crippen LogP contribution in [0.25, 0.3) is 10.9 Å². The number of aromatic nitrogens is 2. The number of nitrogens with one attached hydrogen (secondary N) is 2. The zero-order valence-corrected chi connectivity index (χ0v) is 14.0. The van der Waals surface area contributed by atoms with Gasteiger partial charge in [0.05, 0.1) is 13.1 Å². The van der Waals surface area contributed by atoms with Gasteiger partial charge in [0, 0.05) is 35.5 Å². The number of hydrogen-bond donors (Lipinski definition) is 4. The summed E-state index contributed by atoms with van der Waals surface area (Å²) in [6.45, 7) is -2.22. The van der Waals surface area contributed by atoms with Crippen LogP contribution in [0.1, 0.15) is 18.5 Å². The molecule has 2 aromatic heterocycles. The van der Waals surface area contributed by atoms with Crippen molar-refractivity contribution in [2.24, 2.45) is 5.73 Å². The summed E-state index contributed by atoms with van der Waals surface area (Å²) in [5, 5.41) is 10.6. The number of likely N-dealkylation sites (tertiary alicyclic amines) is 1. The number of alkyl halides is 2. The molecule has 26 heavy (non-hydrogen) atoms. The van der Waals surface area contributed by atoms with Crippen LogP contribution in [0.3, 0.4) is 0 Å². The lowest BCUT2D eigenvalue weighted by atomic mass is 10.2. The third-order valence-corrected chi connectivity index (χ3v) is 3.98. The molecule has 5 N–H and O–H groups in total. The van der Waals surface area contributed by atoms with E-state index in [4.69, 9.17) is 10.8 Å². The van der Waals surface area contributed by atoms with E-state index < -0.39 is 12.7 Å². The van der Waals surface area contributed by atoms with Crippen molar-refractivity contribution in [1.29, 1.82) is 0 Å². The van der Waals surface area contributed by atoms with Crippen LogP contribution in [0, 0.1) is 0 Å².